The van der Waals surface area contributed by atoms with Crippen LogP contribution in [0, 0.1) is 32.5 Å². The maximum absolute atomic E-state index is 14.6. The molecule has 0 aromatic heterocycles. The predicted molar refractivity (Wildman–Crippen MR) is 350 cm³/mol. The number of primary amides is 1. The van der Waals surface area contributed by atoms with E-state index in [1.165, 1.54) is 0 Å². The van der Waals surface area contributed by atoms with Crippen molar-refractivity contribution in [1.29, 1.82) is 32.5 Å². The first-order valence-corrected chi connectivity index (χ1v) is 31.0. The SMILES string of the molecule is N=C(N)NCCC[C@H](NC(=O)[C@H](CCCCN)NC(=O)[C@H](CCCCN)NC(=O)[C@H](CCCNC(=N)N)NC(=O)[C@H](CCCNC(=N)N)NC(=O)[C@H](CCC(N)=O)NC(=O)[C@H](CCCNC(=N)N)NC(=O)[C@H](CCCNC(=N)N)NC(=O)[C@@H](N)CCCNC(=N)N)C(=O)O. The topological polar surface area (TPSA) is 763 Å². The van der Waals surface area contributed by atoms with Gasteiger partial charge >= 0.3 is 5.97 Å². The summed E-state index contributed by atoms with van der Waals surface area (Å²) >= 11 is 0. The molecule has 0 aromatic rings. The fourth-order valence-corrected chi connectivity index (χ4v) is 8.92. The minimum Gasteiger partial charge on any atom is -0.480 e. The van der Waals surface area contributed by atoms with Crippen LogP contribution in [0.15, 0.2) is 0 Å². The van der Waals surface area contributed by atoms with E-state index in [1.807, 2.05) is 0 Å². The van der Waals surface area contributed by atoms with Crippen molar-refractivity contribution in [1.82, 2.24) is 74.4 Å². The molecule has 41 heteroatoms. The van der Waals surface area contributed by atoms with Gasteiger partial charge in [0.15, 0.2) is 35.8 Å². The van der Waals surface area contributed by atoms with E-state index in [0.717, 1.165) is 0 Å². The van der Waals surface area contributed by atoms with Crippen LogP contribution in [-0.4, -0.2) is 207 Å². The Kier molecular flexibility index (Phi) is 43.8. The molecule has 0 saturated carbocycles. The van der Waals surface area contributed by atoms with Crippen molar-refractivity contribution in [2.24, 2.45) is 57.3 Å². The number of rotatable bonds is 52. The number of unbranched alkanes of at least 4 members (excludes halogenated alkanes) is 2. The van der Waals surface area contributed by atoms with Crippen molar-refractivity contribution in [2.75, 3.05) is 52.4 Å². The van der Waals surface area contributed by atoms with E-state index in [2.05, 4.69) is 74.4 Å². The first-order valence-electron chi connectivity index (χ1n) is 31.0. The van der Waals surface area contributed by atoms with Gasteiger partial charge in [0.2, 0.25) is 53.2 Å². The molecule has 94 heavy (non-hydrogen) atoms. The number of carboxylic acids is 1. The Morgan fingerprint density at radius 2 is 0.489 bits per heavy atom. The zero-order valence-electron chi connectivity index (χ0n) is 53.3. The highest BCUT2D eigenvalue weighted by Gasteiger charge is 2.35. The number of carboxylic acid groups (broad SMARTS) is 1. The number of amides is 9. The average molecular weight is 1340 g/mol. The van der Waals surface area contributed by atoms with Crippen molar-refractivity contribution in [3.63, 3.8) is 0 Å². The molecule has 0 radical (unpaired) electrons. The van der Waals surface area contributed by atoms with Crippen LogP contribution < -0.4 is 132 Å². The van der Waals surface area contributed by atoms with Gasteiger partial charge in [0.1, 0.15) is 48.3 Å². The zero-order chi connectivity index (χ0) is 71.1. The van der Waals surface area contributed by atoms with Crippen molar-refractivity contribution in [3.05, 3.63) is 0 Å². The first kappa shape index (κ1) is 84.2. The van der Waals surface area contributed by atoms with Crippen LogP contribution >= 0.6 is 0 Å². The van der Waals surface area contributed by atoms with Gasteiger partial charge in [-0.2, -0.15) is 0 Å². The number of nitrogens with two attached hydrogens (primary N) is 10. The van der Waals surface area contributed by atoms with Crippen LogP contribution in [0.2, 0.25) is 0 Å². The van der Waals surface area contributed by atoms with Crippen LogP contribution in [0.25, 0.3) is 0 Å². The molecule has 41 nitrogen and oxygen atoms in total. The maximum Gasteiger partial charge on any atom is 0.326 e. The second-order valence-electron chi connectivity index (χ2n) is 21.9. The molecule has 0 aliphatic heterocycles. The van der Waals surface area contributed by atoms with E-state index in [-0.39, 0.29) is 160 Å². The van der Waals surface area contributed by atoms with E-state index >= 15 is 0 Å². The second kappa shape index (κ2) is 48.9. The smallest absolute Gasteiger partial charge is 0.326 e. The van der Waals surface area contributed by atoms with E-state index in [9.17, 15) is 53.1 Å². The molecule has 0 aromatic carbocycles. The Balaban J connectivity index is 7.39. The molecule has 0 rings (SSSR count). The number of carbonyl (C=O) groups is 10. The minimum absolute atomic E-state index is 0.00297. The standard InChI is InChI=1S/C53H106N30O11/c54-21-3-1-12-30(40(86)78-31(13-2-4-22-55)45(91)83-37(47(93)94)18-10-28-75-53(68)69)77-42(88)33(15-7-25-72-50(62)63)80-43(89)34(16-8-26-73-51(64)65)81-46(92)36(19-20-38(57)84)82-44(90)35(17-9-27-74-52(66)67)79-41(87)32(14-6-24-71-49(60)61)76-39(85)29(56)11-5-23-70-48(58)59/h29-37H,1-28,54-56H2,(H2,57,84)(H,76,85)(H,77,88)(H,78,86)(H,79,87)(H,80,89)(H,81,92)(H,82,90)(H,83,91)(H,93,94)(H4,58,59,70)(H4,60,61,71)(H4,62,63,72)(H4,64,65,73)(H4,66,67,74)(H4,68,69,75)/t29-,30-,31-,32-,33-,34-,35-,36-,37-/m0/s1. The fraction of sp³-hybridized carbons (Fsp3) is 0.698. The number of aliphatic carboxylic acids is 1. The van der Waals surface area contributed by atoms with Crippen molar-refractivity contribution >= 4 is 94.9 Å². The fourth-order valence-electron chi connectivity index (χ4n) is 8.92. The van der Waals surface area contributed by atoms with Crippen LogP contribution in [-0.2, 0) is 47.9 Å². The lowest BCUT2D eigenvalue weighted by molar-refractivity contribution is -0.142. The van der Waals surface area contributed by atoms with Crippen LogP contribution in [0.4, 0.5) is 0 Å². The van der Waals surface area contributed by atoms with E-state index in [1.54, 1.807) is 0 Å². The van der Waals surface area contributed by atoms with Crippen LogP contribution in [0.3, 0.4) is 0 Å². The number of hydrogen-bond acceptors (Lipinski definition) is 19. The monoisotopic (exact) mass is 1340 g/mol. The molecule has 0 aliphatic carbocycles. The Morgan fingerprint density at radius 3 is 0.713 bits per heavy atom. The van der Waals surface area contributed by atoms with Gasteiger partial charge in [-0.15, -0.1) is 0 Å². The highest BCUT2D eigenvalue weighted by Crippen LogP contribution is 2.12. The molecule has 0 heterocycles. The van der Waals surface area contributed by atoms with E-state index in [4.69, 9.17) is 89.8 Å². The van der Waals surface area contributed by atoms with Gasteiger partial charge < -0.3 is 137 Å². The molecule has 0 fully saturated rings. The molecule has 41 N–H and O–H groups in total. The van der Waals surface area contributed by atoms with Gasteiger partial charge in [0.25, 0.3) is 0 Å². The Labute approximate surface area is 545 Å². The van der Waals surface area contributed by atoms with Crippen molar-refractivity contribution < 1.29 is 53.1 Å². The number of hydrogen-bond donors (Lipinski definition) is 31. The average Bonchev–Trinajstić information content (AvgIpc) is 1.57. The highest BCUT2D eigenvalue weighted by atomic mass is 16.4. The Bertz CT molecular complexity index is 2490. The molecule has 0 bridgehead atoms. The molecule has 0 saturated heterocycles. The molecular weight excluding hydrogens is 1230 g/mol. The van der Waals surface area contributed by atoms with E-state index in [0.29, 0.717) is 25.7 Å². The largest absolute Gasteiger partial charge is 0.480 e. The lowest BCUT2D eigenvalue weighted by Crippen LogP contribution is -2.60. The van der Waals surface area contributed by atoms with Crippen molar-refractivity contribution in [3.8, 4) is 0 Å². The second-order valence-corrected chi connectivity index (χ2v) is 21.9. The molecule has 9 amide bonds. The minimum atomic E-state index is -1.68. The zero-order valence-corrected chi connectivity index (χ0v) is 53.3. The van der Waals surface area contributed by atoms with Gasteiger partial charge in [0, 0.05) is 45.7 Å². The summed E-state index contributed by atoms with van der Waals surface area (Å²) in [6.45, 7) is 0.874. The molecule has 0 aliphatic rings. The quantitative estimate of drug-likeness (QED) is 0.0153. The van der Waals surface area contributed by atoms with Gasteiger partial charge in [-0.05, 0) is 135 Å². The molecular formula is C53H106N30O11. The third-order valence-electron chi connectivity index (χ3n) is 13.9. The lowest BCUT2D eigenvalue weighted by atomic mass is 10.0. The van der Waals surface area contributed by atoms with Gasteiger partial charge in [-0.25, -0.2) is 4.79 Å². The number of nitrogens with one attached hydrogen (secondary N) is 20. The summed E-state index contributed by atoms with van der Waals surface area (Å²) in [6, 6.07) is -12.9. The molecule has 0 unspecified atom stereocenters. The summed E-state index contributed by atoms with van der Waals surface area (Å²) in [5, 5.41) is 91.1. The summed E-state index contributed by atoms with van der Waals surface area (Å²) < 4.78 is 0. The van der Waals surface area contributed by atoms with Crippen LogP contribution in [0.5, 0.6) is 0 Å². The van der Waals surface area contributed by atoms with E-state index < -0.39 is 144 Å². The molecule has 534 valence electrons. The maximum atomic E-state index is 14.6. The molecule has 0 spiro atoms. The highest BCUT2D eigenvalue weighted by molar-refractivity contribution is 5.98. The normalized spacial score (nSPS) is 13.6. The predicted octanol–water partition coefficient (Wildman–Crippen LogP) is -9.62. The van der Waals surface area contributed by atoms with Crippen molar-refractivity contribution in [2.45, 2.75) is 183 Å². The lowest BCUT2D eigenvalue weighted by Gasteiger charge is -2.28. The Hall–Kier alpha value is -9.80. The Morgan fingerprint density at radius 1 is 0.287 bits per heavy atom. The number of carbonyl (C=O) groups excluding carboxylic acids is 9. The number of guanidine groups is 6. The first-order chi connectivity index (χ1) is 44.4. The summed E-state index contributed by atoms with van der Waals surface area (Å²) in [7, 11) is 0. The molecule has 9 atom stereocenters. The summed E-state index contributed by atoms with van der Waals surface area (Å²) in [4.78, 5) is 138. The van der Waals surface area contributed by atoms with Gasteiger partial charge in [0.05, 0.1) is 6.04 Å². The summed E-state index contributed by atoms with van der Waals surface area (Å²) in [5.41, 5.74) is 55.7. The summed E-state index contributed by atoms with van der Waals surface area (Å²) in [5.74, 6) is -11.9. The third kappa shape index (κ3) is 40.8. The van der Waals surface area contributed by atoms with Crippen LogP contribution in [0.1, 0.15) is 128 Å². The van der Waals surface area contributed by atoms with Gasteiger partial charge in [-0.1, -0.05) is 0 Å². The summed E-state index contributed by atoms with van der Waals surface area (Å²) in [6.07, 6.45) is 0.501. The third-order valence-corrected chi connectivity index (χ3v) is 13.9. The van der Waals surface area contributed by atoms with Gasteiger partial charge in [-0.3, -0.25) is 75.6 Å².